The van der Waals surface area contributed by atoms with Crippen molar-refractivity contribution in [3.05, 3.63) is 35.9 Å². The molecule has 2 unspecified atom stereocenters. The lowest BCUT2D eigenvalue weighted by Gasteiger charge is -2.41. The first-order chi connectivity index (χ1) is 8.59. The quantitative estimate of drug-likeness (QED) is 0.897. The second-order valence-electron chi connectivity index (χ2n) is 4.90. The van der Waals surface area contributed by atoms with Crippen molar-refractivity contribution in [2.24, 2.45) is 0 Å². The minimum Gasteiger partial charge on any atom is -0.393 e. The van der Waals surface area contributed by atoms with Crippen molar-refractivity contribution in [3.63, 3.8) is 0 Å². The molecule has 0 radical (unpaired) electrons. The second-order valence-corrected chi connectivity index (χ2v) is 4.90. The van der Waals surface area contributed by atoms with Gasteiger partial charge in [-0.1, -0.05) is 30.3 Å². The maximum atomic E-state index is 13.1. The number of benzene rings is 1. The van der Waals surface area contributed by atoms with Crippen LogP contribution in [-0.4, -0.2) is 35.1 Å². The smallest absolute Gasteiger partial charge is 0.254 e. The van der Waals surface area contributed by atoms with E-state index in [2.05, 4.69) is 0 Å². The lowest BCUT2D eigenvalue weighted by atomic mass is 9.95. The fourth-order valence-corrected chi connectivity index (χ4v) is 2.65. The summed E-state index contributed by atoms with van der Waals surface area (Å²) < 4.78 is 26.1. The Morgan fingerprint density at radius 1 is 1.28 bits per heavy atom. The average Bonchev–Trinajstić information content (AvgIpc) is 2.39. The monoisotopic (exact) mass is 255 g/mol. The van der Waals surface area contributed by atoms with Crippen molar-refractivity contribution >= 4 is 0 Å². The van der Waals surface area contributed by atoms with E-state index in [1.54, 1.807) is 0 Å². The summed E-state index contributed by atoms with van der Waals surface area (Å²) in [6.07, 6.45) is -2.27. The van der Waals surface area contributed by atoms with E-state index in [0.717, 1.165) is 5.56 Å². The van der Waals surface area contributed by atoms with Gasteiger partial charge in [-0.05, 0) is 25.3 Å². The Labute approximate surface area is 106 Å². The van der Waals surface area contributed by atoms with Gasteiger partial charge in [-0.2, -0.15) is 0 Å². The topological polar surface area (TPSA) is 23.5 Å². The maximum absolute atomic E-state index is 13.1. The zero-order valence-corrected chi connectivity index (χ0v) is 10.5. The van der Waals surface area contributed by atoms with Crippen molar-refractivity contribution in [3.8, 4) is 0 Å². The molecule has 0 amide bonds. The molecule has 18 heavy (non-hydrogen) atoms. The predicted molar refractivity (Wildman–Crippen MR) is 66.6 cm³/mol. The van der Waals surface area contributed by atoms with E-state index < -0.39 is 18.6 Å². The lowest BCUT2D eigenvalue weighted by molar-refractivity contribution is -0.0519. The molecule has 0 aliphatic carbocycles. The second kappa shape index (κ2) is 5.76. The van der Waals surface area contributed by atoms with Gasteiger partial charge in [0.25, 0.3) is 6.43 Å². The van der Waals surface area contributed by atoms with E-state index >= 15 is 0 Å². The largest absolute Gasteiger partial charge is 0.393 e. The van der Waals surface area contributed by atoms with Crippen molar-refractivity contribution in [1.29, 1.82) is 0 Å². The molecule has 1 aliphatic heterocycles. The van der Waals surface area contributed by atoms with Gasteiger partial charge in [0, 0.05) is 12.6 Å². The number of alkyl halides is 2. The molecule has 1 N–H and O–H groups in total. The Morgan fingerprint density at radius 2 is 1.94 bits per heavy atom. The number of aliphatic hydroxyl groups excluding tert-OH is 1. The van der Waals surface area contributed by atoms with Crippen molar-refractivity contribution in [2.75, 3.05) is 6.54 Å². The summed E-state index contributed by atoms with van der Waals surface area (Å²) in [5, 5.41) is 9.54. The molecular formula is C14H19F2NO. The molecule has 0 spiro atoms. The standard InChI is InChI=1S/C14H19F2NO/c1-10(11-5-3-2-4-6-11)17-8-7-12(18)9-13(17)14(15)16/h2-6,10,12-14,18H,7-9H2,1H3/t10?,12?,13-/m1/s1. The van der Waals surface area contributed by atoms with Gasteiger partial charge < -0.3 is 5.11 Å². The summed E-state index contributed by atoms with van der Waals surface area (Å²) in [4.78, 5) is 1.81. The van der Waals surface area contributed by atoms with Gasteiger partial charge in [0.1, 0.15) is 0 Å². The van der Waals surface area contributed by atoms with E-state index in [1.165, 1.54) is 0 Å². The van der Waals surface area contributed by atoms with Crippen molar-refractivity contribution in [1.82, 2.24) is 4.90 Å². The molecular weight excluding hydrogens is 236 g/mol. The van der Waals surface area contributed by atoms with E-state index in [1.807, 2.05) is 42.2 Å². The summed E-state index contributed by atoms with van der Waals surface area (Å²) in [6.45, 7) is 2.47. The molecule has 1 fully saturated rings. The molecule has 0 saturated carbocycles. The fourth-order valence-electron chi connectivity index (χ4n) is 2.65. The number of likely N-dealkylation sites (tertiary alicyclic amines) is 1. The minimum absolute atomic E-state index is 0.0438. The van der Waals surface area contributed by atoms with Crippen LogP contribution in [0.5, 0.6) is 0 Å². The molecule has 0 aromatic heterocycles. The van der Waals surface area contributed by atoms with Crippen LogP contribution in [0.1, 0.15) is 31.4 Å². The number of piperidine rings is 1. The van der Waals surface area contributed by atoms with Crippen LogP contribution in [0, 0.1) is 0 Å². The number of aliphatic hydroxyl groups is 1. The van der Waals surface area contributed by atoms with E-state index in [4.69, 9.17) is 0 Å². The first-order valence-electron chi connectivity index (χ1n) is 6.36. The summed E-state index contributed by atoms with van der Waals surface area (Å²) in [5.74, 6) is 0. The van der Waals surface area contributed by atoms with Crippen LogP contribution in [0.15, 0.2) is 30.3 Å². The van der Waals surface area contributed by atoms with Gasteiger partial charge in [0.2, 0.25) is 0 Å². The summed E-state index contributed by atoms with van der Waals surface area (Å²) in [7, 11) is 0. The first-order valence-corrected chi connectivity index (χ1v) is 6.36. The van der Waals surface area contributed by atoms with Crippen LogP contribution in [0.2, 0.25) is 0 Å². The number of halogens is 2. The third-order valence-electron chi connectivity index (χ3n) is 3.73. The Morgan fingerprint density at radius 3 is 2.56 bits per heavy atom. The Bertz CT molecular complexity index is 371. The first kappa shape index (κ1) is 13.4. The molecule has 2 nitrogen and oxygen atoms in total. The Kier molecular flexibility index (Phi) is 4.30. The van der Waals surface area contributed by atoms with E-state index in [9.17, 15) is 13.9 Å². The summed E-state index contributed by atoms with van der Waals surface area (Å²) in [6, 6.07) is 8.78. The third kappa shape index (κ3) is 2.87. The van der Waals surface area contributed by atoms with Gasteiger partial charge in [-0.3, -0.25) is 4.90 Å². The lowest BCUT2D eigenvalue weighted by Crippen LogP contribution is -2.49. The van der Waals surface area contributed by atoms with Crippen molar-refractivity contribution < 1.29 is 13.9 Å². The summed E-state index contributed by atoms with van der Waals surface area (Å²) >= 11 is 0. The Balaban J connectivity index is 2.15. The zero-order chi connectivity index (χ0) is 13.1. The number of hydrogen-bond acceptors (Lipinski definition) is 2. The average molecular weight is 255 g/mol. The van der Waals surface area contributed by atoms with Gasteiger partial charge in [-0.15, -0.1) is 0 Å². The van der Waals surface area contributed by atoms with Gasteiger partial charge in [0.15, 0.2) is 0 Å². The van der Waals surface area contributed by atoms with E-state index in [-0.39, 0.29) is 12.5 Å². The van der Waals surface area contributed by atoms with Crippen LogP contribution in [0.3, 0.4) is 0 Å². The highest BCUT2D eigenvalue weighted by atomic mass is 19.3. The molecule has 1 heterocycles. The van der Waals surface area contributed by atoms with Crippen LogP contribution in [0.4, 0.5) is 8.78 Å². The molecule has 2 rings (SSSR count). The highest BCUT2D eigenvalue weighted by Crippen LogP contribution is 2.31. The Hall–Kier alpha value is -1.00. The molecule has 0 bridgehead atoms. The highest BCUT2D eigenvalue weighted by Gasteiger charge is 2.36. The molecule has 3 atom stereocenters. The summed E-state index contributed by atoms with van der Waals surface area (Å²) in [5.41, 5.74) is 1.04. The molecule has 100 valence electrons. The molecule has 1 aromatic carbocycles. The van der Waals surface area contributed by atoms with Crippen LogP contribution >= 0.6 is 0 Å². The van der Waals surface area contributed by atoms with Gasteiger partial charge >= 0.3 is 0 Å². The normalized spacial score (nSPS) is 27.4. The highest BCUT2D eigenvalue weighted by molar-refractivity contribution is 5.18. The maximum Gasteiger partial charge on any atom is 0.254 e. The molecule has 4 heteroatoms. The molecule has 1 saturated heterocycles. The number of hydrogen-bond donors (Lipinski definition) is 1. The number of nitrogens with zero attached hydrogens (tertiary/aromatic N) is 1. The van der Waals surface area contributed by atoms with Gasteiger partial charge in [0.05, 0.1) is 12.1 Å². The minimum atomic E-state index is -2.41. The van der Waals surface area contributed by atoms with Crippen LogP contribution in [0.25, 0.3) is 0 Å². The van der Waals surface area contributed by atoms with Gasteiger partial charge in [-0.25, -0.2) is 8.78 Å². The SMILES string of the molecule is CC(c1ccccc1)N1CCC(O)C[C@@H]1C(F)F. The fraction of sp³-hybridized carbons (Fsp3) is 0.571. The third-order valence-corrected chi connectivity index (χ3v) is 3.73. The molecule has 1 aliphatic rings. The predicted octanol–water partition coefficient (Wildman–Crippen LogP) is 2.84. The van der Waals surface area contributed by atoms with Crippen LogP contribution < -0.4 is 0 Å². The number of rotatable bonds is 3. The molecule has 1 aromatic rings. The van der Waals surface area contributed by atoms with Crippen molar-refractivity contribution in [2.45, 2.75) is 44.4 Å². The zero-order valence-electron chi connectivity index (χ0n) is 10.5. The van der Waals surface area contributed by atoms with E-state index in [0.29, 0.717) is 13.0 Å². The van der Waals surface area contributed by atoms with Crippen LogP contribution in [-0.2, 0) is 0 Å².